The van der Waals surface area contributed by atoms with Gasteiger partial charge in [-0.3, -0.25) is 4.57 Å². The molecule has 0 saturated carbocycles. The van der Waals surface area contributed by atoms with Crippen LogP contribution in [0, 0.1) is 0 Å². The van der Waals surface area contributed by atoms with E-state index in [4.69, 9.17) is 10.5 Å². The van der Waals surface area contributed by atoms with Crippen LogP contribution in [-0.2, 0) is 4.74 Å². The predicted octanol–water partition coefficient (Wildman–Crippen LogP) is 0.332. The second kappa shape index (κ2) is 4.83. The van der Waals surface area contributed by atoms with Gasteiger partial charge in [0.05, 0.1) is 18.6 Å². The Kier molecular flexibility index (Phi) is 3.31. The Bertz CT molecular complexity index is 702. The SMILES string of the molecule is C[C@@]1(F)[C@H](O)[C@](CO)(CF)O[C@H]1n1cnc2c(N)ccnc21. The smallest absolute Gasteiger partial charge is 0.181 e. The highest BCUT2D eigenvalue weighted by Crippen LogP contribution is 2.47. The van der Waals surface area contributed by atoms with Gasteiger partial charge >= 0.3 is 0 Å². The van der Waals surface area contributed by atoms with Crippen molar-refractivity contribution in [2.75, 3.05) is 19.0 Å². The van der Waals surface area contributed by atoms with E-state index in [-0.39, 0.29) is 5.65 Å². The number of aromatic nitrogens is 3. The molecule has 4 atom stereocenters. The molecule has 0 aromatic carbocycles. The third-order valence-electron chi connectivity index (χ3n) is 4.10. The highest BCUT2D eigenvalue weighted by atomic mass is 19.1. The molecule has 2 aromatic rings. The number of nitrogen functional groups attached to an aromatic ring is 1. The summed E-state index contributed by atoms with van der Waals surface area (Å²) in [6, 6.07) is 1.54. The quantitative estimate of drug-likeness (QED) is 0.754. The maximum Gasteiger partial charge on any atom is 0.181 e. The first-order chi connectivity index (χ1) is 10.4. The van der Waals surface area contributed by atoms with E-state index in [1.165, 1.54) is 23.2 Å². The van der Waals surface area contributed by atoms with Crippen molar-refractivity contribution in [3.8, 4) is 0 Å². The summed E-state index contributed by atoms with van der Waals surface area (Å²) < 4.78 is 34.8. The zero-order valence-electron chi connectivity index (χ0n) is 11.8. The minimum Gasteiger partial charge on any atom is -0.397 e. The molecule has 3 rings (SSSR count). The summed E-state index contributed by atoms with van der Waals surface area (Å²) in [5.74, 6) is 0. The summed E-state index contributed by atoms with van der Waals surface area (Å²) in [4.78, 5) is 8.12. The summed E-state index contributed by atoms with van der Waals surface area (Å²) in [5.41, 5.74) is 2.33. The molecule has 0 spiro atoms. The number of alkyl halides is 2. The number of hydrogen-bond donors (Lipinski definition) is 3. The minimum atomic E-state index is -2.35. The van der Waals surface area contributed by atoms with E-state index in [9.17, 15) is 19.0 Å². The number of rotatable bonds is 3. The second-order valence-electron chi connectivity index (χ2n) is 5.60. The molecule has 0 unspecified atom stereocenters. The van der Waals surface area contributed by atoms with Gasteiger partial charge in [-0.25, -0.2) is 18.7 Å². The molecule has 1 aliphatic heterocycles. The number of aliphatic hydroxyl groups is 2. The molecule has 22 heavy (non-hydrogen) atoms. The molecular weight excluding hydrogens is 298 g/mol. The third kappa shape index (κ3) is 1.82. The Morgan fingerprint density at radius 3 is 2.82 bits per heavy atom. The molecule has 0 bridgehead atoms. The van der Waals surface area contributed by atoms with Gasteiger partial charge in [-0.15, -0.1) is 0 Å². The lowest BCUT2D eigenvalue weighted by Crippen LogP contribution is -2.50. The third-order valence-corrected chi connectivity index (χ3v) is 4.10. The van der Waals surface area contributed by atoms with Crippen LogP contribution in [-0.4, -0.2) is 55.4 Å². The van der Waals surface area contributed by atoms with E-state index >= 15 is 0 Å². The number of fused-ring (bicyclic) bond motifs is 1. The van der Waals surface area contributed by atoms with Crippen molar-refractivity contribution in [2.24, 2.45) is 0 Å². The first-order valence-electron chi connectivity index (χ1n) is 6.66. The fraction of sp³-hybridized carbons (Fsp3) is 0.538. The number of nitrogens with two attached hydrogens (primary N) is 1. The normalized spacial score (nSPS) is 35.3. The van der Waals surface area contributed by atoms with E-state index in [1.807, 2.05) is 0 Å². The van der Waals surface area contributed by atoms with Crippen LogP contribution in [0.5, 0.6) is 0 Å². The second-order valence-corrected chi connectivity index (χ2v) is 5.60. The molecule has 0 amide bonds. The summed E-state index contributed by atoms with van der Waals surface area (Å²) in [6.45, 7) is -1.01. The number of nitrogens with zero attached hydrogens (tertiary/aromatic N) is 3. The van der Waals surface area contributed by atoms with Gasteiger partial charge in [0.2, 0.25) is 0 Å². The van der Waals surface area contributed by atoms with Gasteiger partial charge in [0.25, 0.3) is 0 Å². The summed E-state index contributed by atoms with van der Waals surface area (Å²) in [6.07, 6.45) is -0.566. The van der Waals surface area contributed by atoms with E-state index in [1.54, 1.807) is 0 Å². The summed E-state index contributed by atoms with van der Waals surface area (Å²) in [7, 11) is 0. The van der Waals surface area contributed by atoms with Crippen molar-refractivity contribution >= 4 is 16.9 Å². The summed E-state index contributed by atoms with van der Waals surface area (Å²) >= 11 is 0. The number of hydrogen-bond acceptors (Lipinski definition) is 6. The fourth-order valence-electron chi connectivity index (χ4n) is 2.78. The van der Waals surface area contributed by atoms with Gasteiger partial charge < -0.3 is 20.7 Å². The fourth-order valence-corrected chi connectivity index (χ4v) is 2.78. The van der Waals surface area contributed by atoms with Crippen molar-refractivity contribution in [1.82, 2.24) is 14.5 Å². The maximum atomic E-state index is 15.0. The van der Waals surface area contributed by atoms with Gasteiger partial charge in [0.15, 0.2) is 23.1 Å². The van der Waals surface area contributed by atoms with Crippen LogP contribution in [0.2, 0.25) is 0 Å². The lowest BCUT2D eigenvalue weighted by atomic mass is 9.90. The molecule has 3 heterocycles. The molecule has 1 saturated heterocycles. The van der Waals surface area contributed by atoms with E-state index in [0.29, 0.717) is 11.2 Å². The molecule has 120 valence electrons. The van der Waals surface area contributed by atoms with E-state index < -0.39 is 36.9 Å². The Morgan fingerprint density at radius 1 is 1.50 bits per heavy atom. The first kappa shape index (κ1) is 15.1. The number of halogens is 2. The monoisotopic (exact) mass is 314 g/mol. The molecular formula is C13H16F2N4O3. The average Bonchev–Trinajstić information content (AvgIpc) is 3.00. The molecule has 4 N–H and O–H groups in total. The largest absolute Gasteiger partial charge is 0.397 e. The van der Waals surface area contributed by atoms with Gasteiger partial charge in [-0.1, -0.05) is 0 Å². The number of ether oxygens (including phenoxy) is 1. The van der Waals surface area contributed by atoms with Gasteiger partial charge in [-0.2, -0.15) is 0 Å². The lowest BCUT2D eigenvalue weighted by Gasteiger charge is -2.27. The Hall–Kier alpha value is -1.84. The van der Waals surface area contributed by atoms with Gasteiger partial charge in [0, 0.05) is 6.20 Å². The molecule has 0 aliphatic carbocycles. The maximum absolute atomic E-state index is 15.0. The topological polar surface area (TPSA) is 106 Å². The van der Waals surface area contributed by atoms with Crippen molar-refractivity contribution in [2.45, 2.75) is 30.5 Å². The number of pyridine rings is 1. The zero-order chi connectivity index (χ0) is 16.1. The van der Waals surface area contributed by atoms with Gasteiger partial charge in [0.1, 0.15) is 18.3 Å². The Balaban J connectivity index is 2.12. The molecule has 9 heteroatoms. The van der Waals surface area contributed by atoms with Crippen molar-refractivity contribution < 1.29 is 23.7 Å². The van der Waals surface area contributed by atoms with Crippen LogP contribution in [0.25, 0.3) is 11.2 Å². The average molecular weight is 314 g/mol. The Morgan fingerprint density at radius 2 is 2.23 bits per heavy atom. The summed E-state index contributed by atoms with van der Waals surface area (Å²) in [5, 5.41) is 19.4. The van der Waals surface area contributed by atoms with Crippen LogP contribution < -0.4 is 5.73 Å². The van der Waals surface area contributed by atoms with E-state index in [2.05, 4.69) is 9.97 Å². The zero-order valence-corrected chi connectivity index (χ0v) is 11.8. The van der Waals surface area contributed by atoms with Crippen LogP contribution in [0.3, 0.4) is 0 Å². The van der Waals surface area contributed by atoms with Crippen LogP contribution in [0.15, 0.2) is 18.6 Å². The molecule has 7 nitrogen and oxygen atoms in total. The highest BCUT2D eigenvalue weighted by molar-refractivity contribution is 5.83. The molecule has 1 aliphatic rings. The standard InChI is InChI=1S/C13H16F2N4O3/c1-12(15)10(21)13(4-14,5-20)22-11(12)19-6-18-8-7(16)2-3-17-9(8)19/h2-3,6,10-11,20-21H,4-5H2,1H3,(H2,16,17)/t10-,11+,12+,13+/m0/s1. The number of imidazole rings is 1. The Labute approximate surface area is 124 Å². The molecule has 0 radical (unpaired) electrons. The van der Waals surface area contributed by atoms with E-state index in [0.717, 1.165) is 6.92 Å². The van der Waals surface area contributed by atoms with Crippen LogP contribution in [0.1, 0.15) is 13.2 Å². The highest BCUT2D eigenvalue weighted by Gasteiger charge is 2.63. The minimum absolute atomic E-state index is 0.244. The van der Waals surface area contributed by atoms with Crippen molar-refractivity contribution in [3.05, 3.63) is 18.6 Å². The number of aliphatic hydroxyl groups excluding tert-OH is 2. The van der Waals surface area contributed by atoms with Crippen LogP contribution >= 0.6 is 0 Å². The molecule has 1 fully saturated rings. The lowest BCUT2D eigenvalue weighted by molar-refractivity contribution is -0.137. The van der Waals surface area contributed by atoms with Crippen molar-refractivity contribution in [3.63, 3.8) is 0 Å². The first-order valence-corrected chi connectivity index (χ1v) is 6.66. The van der Waals surface area contributed by atoms with Gasteiger partial charge in [-0.05, 0) is 13.0 Å². The van der Waals surface area contributed by atoms with Crippen molar-refractivity contribution in [1.29, 1.82) is 0 Å². The number of anilines is 1. The predicted molar refractivity (Wildman–Crippen MR) is 73.4 cm³/mol. The molecule has 2 aromatic heterocycles. The van der Waals surface area contributed by atoms with Crippen LogP contribution in [0.4, 0.5) is 14.5 Å².